The third-order valence-corrected chi connectivity index (χ3v) is 5.04. The van der Waals surface area contributed by atoms with Gasteiger partial charge in [0.05, 0.1) is 12.5 Å². The SMILES string of the molecule is C[C@@H](C1CC1)N(CCC#N)C(=O)C1CCN(C(=O)OC(C)(C)C)CC1. The number of carbonyl (C=O) groups is 2. The molecule has 2 fully saturated rings. The fraction of sp³-hybridized carbons (Fsp3) is 0.842. The molecular weight excluding hydrogens is 318 g/mol. The number of hydrogen-bond acceptors (Lipinski definition) is 4. The fourth-order valence-corrected chi connectivity index (χ4v) is 3.39. The second-order valence-electron chi connectivity index (χ2n) is 8.26. The predicted octanol–water partition coefficient (Wildman–Crippen LogP) is 3.17. The van der Waals surface area contributed by atoms with Crippen molar-refractivity contribution in [2.45, 2.75) is 71.4 Å². The van der Waals surface area contributed by atoms with Gasteiger partial charge in [-0.1, -0.05) is 0 Å². The summed E-state index contributed by atoms with van der Waals surface area (Å²) >= 11 is 0. The first kappa shape index (κ1) is 19.6. The highest BCUT2D eigenvalue weighted by Crippen LogP contribution is 2.36. The number of likely N-dealkylation sites (tertiary alicyclic amines) is 1. The standard InChI is InChI=1S/C19H31N3O3/c1-14(15-6-7-15)22(11-5-10-20)17(23)16-8-12-21(13-9-16)18(24)25-19(2,3)4/h14-16H,5-9,11-13H2,1-4H3/t14-/m0/s1. The van der Waals surface area contributed by atoms with Crippen molar-refractivity contribution in [3.05, 3.63) is 0 Å². The molecule has 1 aliphatic carbocycles. The molecule has 6 nitrogen and oxygen atoms in total. The minimum Gasteiger partial charge on any atom is -0.444 e. The molecule has 0 spiro atoms. The Morgan fingerprint density at radius 2 is 1.84 bits per heavy atom. The Morgan fingerprint density at radius 1 is 1.24 bits per heavy atom. The van der Waals surface area contributed by atoms with Crippen LogP contribution in [0.4, 0.5) is 4.79 Å². The van der Waals surface area contributed by atoms with E-state index in [1.807, 2.05) is 25.7 Å². The first-order chi connectivity index (χ1) is 11.7. The summed E-state index contributed by atoms with van der Waals surface area (Å²) < 4.78 is 5.41. The Morgan fingerprint density at radius 3 is 2.32 bits per heavy atom. The molecule has 1 atom stereocenters. The lowest BCUT2D eigenvalue weighted by atomic mass is 9.94. The zero-order chi connectivity index (χ0) is 18.6. The summed E-state index contributed by atoms with van der Waals surface area (Å²) in [6.07, 6.45) is 3.76. The van der Waals surface area contributed by atoms with E-state index in [4.69, 9.17) is 10.00 Å². The van der Waals surface area contributed by atoms with Gasteiger partial charge in [0.1, 0.15) is 5.60 Å². The van der Waals surface area contributed by atoms with Crippen LogP contribution in [0.1, 0.15) is 59.8 Å². The van der Waals surface area contributed by atoms with E-state index < -0.39 is 5.60 Å². The van der Waals surface area contributed by atoms with Crippen molar-refractivity contribution in [3.63, 3.8) is 0 Å². The van der Waals surface area contributed by atoms with Crippen LogP contribution in [0.15, 0.2) is 0 Å². The van der Waals surface area contributed by atoms with Crippen LogP contribution in [0.3, 0.4) is 0 Å². The Labute approximate surface area is 151 Å². The number of amides is 2. The van der Waals surface area contributed by atoms with Crippen molar-refractivity contribution in [3.8, 4) is 6.07 Å². The maximum absolute atomic E-state index is 13.0. The van der Waals surface area contributed by atoms with E-state index in [0.29, 0.717) is 44.8 Å². The lowest BCUT2D eigenvalue weighted by molar-refractivity contribution is -0.139. The normalized spacial score (nSPS) is 19.9. The van der Waals surface area contributed by atoms with Gasteiger partial charge in [-0.05, 0) is 59.3 Å². The van der Waals surface area contributed by atoms with Crippen LogP contribution in [0.25, 0.3) is 0 Å². The maximum atomic E-state index is 13.0. The van der Waals surface area contributed by atoms with Crippen molar-refractivity contribution >= 4 is 12.0 Å². The minimum atomic E-state index is -0.502. The van der Waals surface area contributed by atoms with Gasteiger partial charge >= 0.3 is 6.09 Å². The number of rotatable bonds is 5. The van der Waals surface area contributed by atoms with Crippen LogP contribution >= 0.6 is 0 Å². The molecule has 0 unspecified atom stereocenters. The topological polar surface area (TPSA) is 73.6 Å². The van der Waals surface area contributed by atoms with Crippen LogP contribution in [0.2, 0.25) is 0 Å². The first-order valence-electron chi connectivity index (χ1n) is 9.38. The average Bonchev–Trinajstić information content (AvgIpc) is 3.38. The van der Waals surface area contributed by atoms with E-state index in [9.17, 15) is 9.59 Å². The van der Waals surface area contributed by atoms with Crippen LogP contribution in [0, 0.1) is 23.2 Å². The summed E-state index contributed by atoms with van der Waals surface area (Å²) in [4.78, 5) is 28.7. The zero-order valence-corrected chi connectivity index (χ0v) is 16.0. The molecule has 1 saturated heterocycles. The van der Waals surface area contributed by atoms with E-state index in [1.165, 1.54) is 12.8 Å². The molecular formula is C19H31N3O3. The molecule has 25 heavy (non-hydrogen) atoms. The molecule has 6 heteroatoms. The van der Waals surface area contributed by atoms with Crippen LogP contribution in [-0.4, -0.2) is 53.1 Å². The third kappa shape index (κ3) is 5.62. The number of carbonyl (C=O) groups excluding carboxylic acids is 2. The van der Waals surface area contributed by atoms with E-state index in [0.717, 1.165) is 0 Å². The molecule has 0 aromatic carbocycles. The quantitative estimate of drug-likeness (QED) is 0.764. The average molecular weight is 349 g/mol. The van der Waals surface area contributed by atoms with Gasteiger partial charge in [0.25, 0.3) is 0 Å². The highest BCUT2D eigenvalue weighted by molar-refractivity contribution is 5.79. The summed E-state index contributed by atoms with van der Waals surface area (Å²) in [5, 5.41) is 8.89. The van der Waals surface area contributed by atoms with Crippen molar-refractivity contribution in [1.29, 1.82) is 5.26 Å². The Kier molecular flexibility index (Phi) is 6.31. The van der Waals surface area contributed by atoms with Crippen molar-refractivity contribution in [2.24, 2.45) is 11.8 Å². The number of nitriles is 1. The summed E-state index contributed by atoms with van der Waals surface area (Å²) in [5.41, 5.74) is -0.502. The number of piperidine rings is 1. The number of nitrogens with zero attached hydrogens (tertiary/aromatic N) is 3. The maximum Gasteiger partial charge on any atom is 0.410 e. The van der Waals surface area contributed by atoms with Gasteiger partial charge in [-0.15, -0.1) is 0 Å². The fourth-order valence-electron chi connectivity index (χ4n) is 3.39. The number of hydrogen-bond donors (Lipinski definition) is 0. The molecule has 0 aromatic rings. The highest BCUT2D eigenvalue weighted by atomic mass is 16.6. The van der Waals surface area contributed by atoms with Gasteiger partial charge in [-0.2, -0.15) is 5.26 Å². The largest absolute Gasteiger partial charge is 0.444 e. The second-order valence-corrected chi connectivity index (χ2v) is 8.26. The van der Waals surface area contributed by atoms with Crippen molar-refractivity contribution < 1.29 is 14.3 Å². The molecule has 1 aliphatic heterocycles. The molecule has 0 aromatic heterocycles. The predicted molar refractivity (Wildman–Crippen MR) is 94.7 cm³/mol. The third-order valence-electron chi connectivity index (χ3n) is 5.04. The lowest BCUT2D eigenvalue weighted by Crippen LogP contribution is -2.48. The Balaban J connectivity index is 1.90. The van der Waals surface area contributed by atoms with E-state index >= 15 is 0 Å². The van der Waals surface area contributed by atoms with Gasteiger partial charge in [-0.3, -0.25) is 4.79 Å². The molecule has 0 N–H and O–H groups in total. The lowest BCUT2D eigenvalue weighted by Gasteiger charge is -2.37. The van der Waals surface area contributed by atoms with Gasteiger partial charge in [0.2, 0.25) is 5.91 Å². The molecule has 1 saturated carbocycles. The zero-order valence-electron chi connectivity index (χ0n) is 16.0. The summed E-state index contributed by atoms with van der Waals surface area (Å²) in [5.74, 6) is 0.682. The molecule has 2 amide bonds. The van der Waals surface area contributed by atoms with Crippen molar-refractivity contribution in [1.82, 2.24) is 9.80 Å². The molecule has 0 radical (unpaired) electrons. The van der Waals surface area contributed by atoms with Crippen molar-refractivity contribution in [2.75, 3.05) is 19.6 Å². The molecule has 140 valence electrons. The molecule has 1 heterocycles. The highest BCUT2D eigenvalue weighted by Gasteiger charge is 2.38. The molecule has 2 aliphatic rings. The minimum absolute atomic E-state index is 0.0569. The van der Waals surface area contributed by atoms with E-state index in [1.54, 1.807) is 4.90 Å². The summed E-state index contributed by atoms with van der Waals surface area (Å²) in [6, 6.07) is 2.36. The van der Waals surface area contributed by atoms with Gasteiger partial charge in [0, 0.05) is 31.6 Å². The Hall–Kier alpha value is -1.77. The molecule has 0 bridgehead atoms. The molecule has 2 rings (SSSR count). The van der Waals surface area contributed by atoms with Gasteiger partial charge in [0.15, 0.2) is 0 Å². The first-order valence-corrected chi connectivity index (χ1v) is 9.38. The van der Waals surface area contributed by atoms with E-state index in [2.05, 4.69) is 13.0 Å². The Bertz CT molecular complexity index is 523. The smallest absolute Gasteiger partial charge is 0.410 e. The van der Waals surface area contributed by atoms with Crippen LogP contribution in [-0.2, 0) is 9.53 Å². The second kappa shape index (κ2) is 8.07. The summed E-state index contributed by atoms with van der Waals surface area (Å²) in [7, 11) is 0. The number of ether oxygens (including phenoxy) is 1. The van der Waals surface area contributed by atoms with E-state index in [-0.39, 0.29) is 24.0 Å². The van der Waals surface area contributed by atoms with Crippen LogP contribution < -0.4 is 0 Å². The van der Waals surface area contributed by atoms with Crippen LogP contribution in [0.5, 0.6) is 0 Å². The van der Waals surface area contributed by atoms with Gasteiger partial charge < -0.3 is 14.5 Å². The monoisotopic (exact) mass is 349 g/mol. The van der Waals surface area contributed by atoms with Gasteiger partial charge in [-0.25, -0.2) is 4.79 Å². The summed E-state index contributed by atoms with van der Waals surface area (Å²) in [6.45, 7) is 9.28.